The highest BCUT2D eigenvalue weighted by atomic mass is 79.9. The minimum absolute atomic E-state index is 0. The van der Waals surface area contributed by atoms with Crippen LogP contribution in [0.5, 0.6) is 0 Å². The van der Waals surface area contributed by atoms with E-state index >= 15 is 0 Å². The zero-order valence-electron chi connectivity index (χ0n) is 10.3. The lowest BCUT2D eigenvalue weighted by Gasteiger charge is -2.31. The van der Waals surface area contributed by atoms with Gasteiger partial charge in [-0.25, -0.2) is 0 Å². The Kier molecular flexibility index (Phi) is 10.5. The Balaban J connectivity index is 0. The van der Waals surface area contributed by atoms with Gasteiger partial charge in [-0.2, -0.15) is 0 Å². The molecule has 0 bridgehead atoms. The molecule has 1 atom stereocenters. The molecule has 0 saturated heterocycles. The Bertz CT molecular complexity index is 123. The molecular weight excluding hydrogens is 238 g/mol. The monoisotopic (exact) mass is 265 g/mol. The lowest BCUT2D eigenvalue weighted by atomic mass is 9.78. The van der Waals surface area contributed by atoms with E-state index in [1.165, 1.54) is 38.5 Å². The van der Waals surface area contributed by atoms with Crippen molar-refractivity contribution in [3.63, 3.8) is 0 Å². The van der Waals surface area contributed by atoms with Crippen molar-refractivity contribution >= 4 is 17.0 Å². The summed E-state index contributed by atoms with van der Waals surface area (Å²) in [4.78, 5) is 0. The van der Waals surface area contributed by atoms with Gasteiger partial charge in [0.1, 0.15) is 0 Å². The van der Waals surface area contributed by atoms with Crippen LogP contribution >= 0.6 is 17.0 Å². The molecule has 1 nitrogen and oxygen atoms in total. The fraction of sp³-hybridized carbons (Fsp3) is 1.00. The third-order valence-corrected chi connectivity index (χ3v) is 3.02. The number of rotatable bonds is 7. The Labute approximate surface area is 101 Å². The summed E-state index contributed by atoms with van der Waals surface area (Å²) >= 11 is 0. The average molecular weight is 266 g/mol. The molecular formula is C12H28BrN. The maximum Gasteiger partial charge on any atom is 0.00902 e. The van der Waals surface area contributed by atoms with E-state index in [4.69, 9.17) is 5.73 Å². The summed E-state index contributed by atoms with van der Waals surface area (Å²) in [5.41, 5.74) is 6.51. The summed E-state index contributed by atoms with van der Waals surface area (Å²) in [5, 5.41) is 0. The van der Waals surface area contributed by atoms with Gasteiger partial charge in [-0.15, -0.1) is 17.0 Å². The van der Waals surface area contributed by atoms with Crippen molar-refractivity contribution in [3.8, 4) is 0 Å². The van der Waals surface area contributed by atoms with Gasteiger partial charge in [0.15, 0.2) is 0 Å². The Hall–Kier alpha value is 0.440. The molecule has 0 aliphatic carbocycles. The average Bonchev–Trinajstić information content (AvgIpc) is 2.04. The van der Waals surface area contributed by atoms with E-state index in [0.717, 1.165) is 0 Å². The Morgan fingerprint density at radius 3 is 2.07 bits per heavy atom. The first-order valence-electron chi connectivity index (χ1n) is 5.80. The lowest BCUT2D eigenvalue weighted by Crippen LogP contribution is -2.37. The molecule has 0 rings (SSSR count). The summed E-state index contributed by atoms with van der Waals surface area (Å²) in [6, 6.07) is 0.388. The van der Waals surface area contributed by atoms with Crippen LogP contribution in [0.4, 0.5) is 0 Å². The predicted molar refractivity (Wildman–Crippen MR) is 71.1 cm³/mol. The van der Waals surface area contributed by atoms with Crippen LogP contribution in [0.2, 0.25) is 0 Å². The highest BCUT2D eigenvalue weighted by Crippen LogP contribution is 2.28. The molecule has 0 amide bonds. The smallest absolute Gasteiger partial charge is 0.00902 e. The molecule has 1 unspecified atom stereocenters. The summed E-state index contributed by atoms with van der Waals surface area (Å²) in [5.74, 6) is 0. The molecule has 0 saturated carbocycles. The van der Waals surface area contributed by atoms with Crippen LogP contribution in [-0.4, -0.2) is 6.04 Å². The standard InChI is InChI=1S/C12H27N.BrH/c1-5-7-8-9-11(13)12(3,4)10-6-2;/h11H,5-10,13H2,1-4H3;1H. The highest BCUT2D eigenvalue weighted by molar-refractivity contribution is 8.93. The van der Waals surface area contributed by atoms with Gasteiger partial charge in [0.25, 0.3) is 0 Å². The van der Waals surface area contributed by atoms with Gasteiger partial charge >= 0.3 is 0 Å². The predicted octanol–water partition coefficient (Wildman–Crippen LogP) is 4.30. The van der Waals surface area contributed by atoms with Crippen LogP contribution in [0.3, 0.4) is 0 Å². The van der Waals surface area contributed by atoms with Crippen LogP contribution in [0.15, 0.2) is 0 Å². The molecule has 0 aromatic rings. The molecule has 2 heteroatoms. The van der Waals surface area contributed by atoms with E-state index in [2.05, 4.69) is 27.7 Å². The van der Waals surface area contributed by atoms with Crippen LogP contribution in [0.1, 0.15) is 66.2 Å². The first-order chi connectivity index (χ1) is 6.04. The summed E-state index contributed by atoms with van der Waals surface area (Å²) < 4.78 is 0. The maximum atomic E-state index is 6.18. The second-order valence-corrected chi connectivity index (χ2v) is 4.84. The quantitative estimate of drug-likeness (QED) is 0.683. The molecule has 14 heavy (non-hydrogen) atoms. The molecule has 0 aromatic carbocycles. The molecule has 2 N–H and O–H groups in total. The van der Waals surface area contributed by atoms with Gasteiger partial charge in [-0.05, 0) is 18.3 Å². The molecule has 0 radical (unpaired) electrons. The zero-order chi connectivity index (χ0) is 10.3. The minimum Gasteiger partial charge on any atom is -0.327 e. The number of halogens is 1. The first kappa shape index (κ1) is 16.9. The molecule has 0 spiro atoms. The second-order valence-electron chi connectivity index (χ2n) is 4.84. The molecule has 0 heterocycles. The number of hydrogen-bond acceptors (Lipinski definition) is 1. The molecule has 0 fully saturated rings. The van der Waals surface area contributed by atoms with Crippen LogP contribution in [-0.2, 0) is 0 Å². The van der Waals surface area contributed by atoms with Gasteiger partial charge in [0.2, 0.25) is 0 Å². The fourth-order valence-electron chi connectivity index (χ4n) is 1.83. The van der Waals surface area contributed by atoms with E-state index < -0.39 is 0 Å². The van der Waals surface area contributed by atoms with Crippen LogP contribution in [0, 0.1) is 5.41 Å². The molecule has 88 valence electrons. The molecule has 0 aromatic heterocycles. The van der Waals surface area contributed by atoms with Gasteiger partial charge < -0.3 is 5.73 Å². The first-order valence-corrected chi connectivity index (χ1v) is 5.80. The van der Waals surface area contributed by atoms with Crippen molar-refractivity contribution in [3.05, 3.63) is 0 Å². The van der Waals surface area contributed by atoms with Crippen LogP contribution in [0.25, 0.3) is 0 Å². The third-order valence-electron chi connectivity index (χ3n) is 3.02. The van der Waals surface area contributed by atoms with Crippen molar-refractivity contribution in [2.75, 3.05) is 0 Å². The summed E-state index contributed by atoms with van der Waals surface area (Å²) in [7, 11) is 0. The highest BCUT2D eigenvalue weighted by Gasteiger charge is 2.24. The maximum absolute atomic E-state index is 6.18. The number of hydrogen-bond donors (Lipinski definition) is 1. The van der Waals surface area contributed by atoms with Crippen molar-refractivity contribution in [1.82, 2.24) is 0 Å². The third kappa shape index (κ3) is 6.83. The van der Waals surface area contributed by atoms with Gasteiger partial charge in [0.05, 0.1) is 0 Å². The van der Waals surface area contributed by atoms with Crippen molar-refractivity contribution in [2.24, 2.45) is 11.1 Å². The van der Waals surface area contributed by atoms with E-state index in [9.17, 15) is 0 Å². The molecule has 0 aliphatic rings. The van der Waals surface area contributed by atoms with E-state index in [1.54, 1.807) is 0 Å². The lowest BCUT2D eigenvalue weighted by molar-refractivity contribution is 0.245. The van der Waals surface area contributed by atoms with Gasteiger partial charge in [0, 0.05) is 6.04 Å². The minimum atomic E-state index is 0. The van der Waals surface area contributed by atoms with E-state index in [-0.39, 0.29) is 17.0 Å². The fourth-order valence-corrected chi connectivity index (χ4v) is 1.83. The SMILES string of the molecule is Br.CCCCCC(N)C(C)(C)CCC. The van der Waals surface area contributed by atoms with Gasteiger partial charge in [-0.3, -0.25) is 0 Å². The zero-order valence-corrected chi connectivity index (χ0v) is 12.0. The largest absolute Gasteiger partial charge is 0.327 e. The number of unbranched alkanes of at least 4 members (excludes halogenated alkanes) is 2. The topological polar surface area (TPSA) is 26.0 Å². The number of nitrogens with two attached hydrogens (primary N) is 1. The molecule has 0 aliphatic heterocycles. The summed E-state index contributed by atoms with van der Waals surface area (Å²) in [6.07, 6.45) is 7.61. The van der Waals surface area contributed by atoms with Gasteiger partial charge in [-0.1, -0.05) is 53.4 Å². The van der Waals surface area contributed by atoms with E-state index in [1.807, 2.05) is 0 Å². The Morgan fingerprint density at radius 2 is 1.64 bits per heavy atom. The second kappa shape index (κ2) is 8.72. The summed E-state index contributed by atoms with van der Waals surface area (Å²) in [6.45, 7) is 9.07. The van der Waals surface area contributed by atoms with Crippen molar-refractivity contribution in [1.29, 1.82) is 0 Å². The van der Waals surface area contributed by atoms with Crippen molar-refractivity contribution < 1.29 is 0 Å². The van der Waals surface area contributed by atoms with Crippen molar-refractivity contribution in [2.45, 2.75) is 72.3 Å². The Morgan fingerprint density at radius 1 is 1.07 bits per heavy atom. The normalized spacial score (nSPS) is 13.5. The van der Waals surface area contributed by atoms with Crippen LogP contribution < -0.4 is 5.73 Å². The van der Waals surface area contributed by atoms with E-state index in [0.29, 0.717) is 11.5 Å².